The molecule has 0 saturated carbocycles. The van der Waals surface area contributed by atoms with Crippen LogP contribution >= 0.6 is 22.6 Å². The van der Waals surface area contributed by atoms with E-state index in [2.05, 4.69) is 46.7 Å². The maximum atomic E-state index is 5.76. The van der Waals surface area contributed by atoms with Gasteiger partial charge in [-0.2, -0.15) is 0 Å². The van der Waals surface area contributed by atoms with E-state index in [4.69, 9.17) is 5.73 Å². The minimum Gasteiger partial charge on any atom is -0.370 e. The second kappa shape index (κ2) is 5.95. The lowest BCUT2D eigenvalue weighted by molar-refractivity contribution is 0.665. The van der Waals surface area contributed by atoms with Crippen molar-refractivity contribution in [3.63, 3.8) is 0 Å². The molecule has 0 aliphatic carbocycles. The Hall–Kier alpha value is -0.780. The molecule has 0 heterocycles. The van der Waals surface area contributed by atoms with Crippen LogP contribution in [0, 0.1) is 9.49 Å². The van der Waals surface area contributed by atoms with Crippen LogP contribution < -0.4 is 11.1 Å². The number of rotatable bonds is 3. The molecule has 0 fully saturated rings. The molecule has 3 N–H and O–H groups in total. The number of nitrogens with one attached hydrogen (secondary N) is 1. The first-order valence-corrected chi connectivity index (χ1v) is 5.99. The lowest BCUT2D eigenvalue weighted by Crippen LogP contribution is -2.23. The van der Waals surface area contributed by atoms with E-state index in [1.807, 2.05) is 24.3 Å². The van der Waals surface area contributed by atoms with Gasteiger partial charge in [-0.3, -0.25) is 4.99 Å². The molecule has 0 bridgehead atoms. The van der Waals surface area contributed by atoms with Gasteiger partial charge in [0.1, 0.15) is 0 Å². The van der Waals surface area contributed by atoms with Crippen molar-refractivity contribution in [2.75, 3.05) is 11.9 Å². The van der Waals surface area contributed by atoms with Crippen molar-refractivity contribution in [1.82, 2.24) is 0 Å². The van der Waals surface area contributed by atoms with Gasteiger partial charge in [0.25, 0.3) is 0 Å². The number of nitrogens with two attached hydrogens (primary N) is 1. The Bertz CT molecular complexity index is 347. The molecule has 0 saturated heterocycles. The smallest absolute Gasteiger partial charge is 0.193 e. The quantitative estimate of drug-likeness (QED) is 0.512. The molecule has 0 amide bonds. The molecule has 0 aliphatic heterocycles. The maximum absolute atomic E-state index is 5.76. The molecule has 0 aliphatic rings. The van der Waals surface area contributed by atoms with E-state index in [0.717, 1.165) is 15.8 Å². The van der Waals surface area contributed by atoms with Crippen LogP contribution in [0.1, 0.15) is 13.8 Å². The second-order valence-electron chi connectivity index (χ2n) is 3.72. The van der Waals surface area contributed by atoms with Gasteiger partial charge in [-0.1, -0.05) is 26.0 Å². The Morgan fingerprint density at radius 2 is 2.13 bits per heavy atom. The molecule has 0 radical (unpaired) electrons. The van der Waals surface area contributed by atoms with Crippen molar-refractivity contribution in [3.8, 4) is 0 Å². The summed E-state index contributed by atoms with van der Waals surface area (Å²) >= 11 is 2.26. The highest BCUT2D eigenvalue weighted by atomic mass is 127. The summed E-state index contributed by atoms with van der Waals surface area (Å²) in [7, 11) is 0. The molecule has 1 aromatic rings. The van der Waals surface area contributed by atoms with Crippen LogP contribution in [-0.2, 0) is 0 Å². The van der Waals surface area contributed by atoms with Crippen LogP contribution in [0.5, 0.6) is 0 Å². The Morgan fingerprint density at radius 3 is 2.73 bits per heavy atom. The normalized spacial score (nSPS) is 11.9. The second-order valence-corrected chi connectivity index (χ2v) is 4.89. The Kier molecular flexibility index (Phi) is 4.87. The zero-order valence-corrected chi connectivity index (χ0v) is 11.2. The highest BCUT2D eigenvalue weighted by Crippen LogP contribution is 2.16. The predicted molar refractivity (Wildman–Crippen MR) is 74.1 cm³/mol. The minimum atomic E-state index is 0.479. The third-order valence-electron chi connectivity index (χ3n) is 1.76. The standard InChI is InChI=1S/C11H16IN3/c1-8(2)7-14-11(13)15-10-6-4-3-5-9(10)12/h3-6,8H,7H2,1-2H3,(H3,13,14,15). The highest BCUT2D eigenvalue weighted by molar-refractivity contribution is 14.1. The van der Waals surface area contributed by atoms with Gasteiger partial charge in [0, 0.05) is 10.1 Å². The number of aliphatic imine (C=N–C) groups is 1. The van der Waals surface area contributed by atoms with E-state index in [9.17, 15) is 0 Å². The van der Waals surface area contributed by atoms with Gasteiger partial charge in [-0.05, 0) is 40.6 Å². The molecular formula is C11H16IN3. The summed E-state index contributed by atoms with van der Waals surface area (Å²) in [6.45, 7) is 4.98. The Labute approximate surface area is 104 Å². The number of halogens is 1. The number of anilines is 1. The summed E-state index contributed by atoms with van der Waals surface area (Å²) in [4.78, 5) is 4.24. The number of benzene rings is 1. The van der Waals surface area contributed by atoms with Gasteiger partial charge < -0.3 is 11.1 Å². The average molecular weight is 317 g/mol. The first-order valence-electron chi connectivity index (χ1n) is 4.91. The van der Waals surface area contributed by atoms with Gasteiger partial charge in [-0.25, -0.2) is 0 Å². The first kappa shape index (κ1) is 12.3. The van der Waals surface area contributed by atoms with Crippen LogP contribution in [0.3, 0.4) is 0 Å². The SMILES string of the molecule is CC(C)CN=C(N)Nc1ccccc1I. The van der Waals surface area contributed by atoms with Gasteiger partial charge in [0.2, 0.25) is 0 Å². The third kappa shape index (κ3) is 4.51. The molecule has 0 atom stereocenters. The fourth-order valence-electron chi connectivity index (χ4n) is 1.02. The summed E-state index contributed by atoms with van der Waals surface area (Å²) in [6, 6.07) is 7.98. The summed E-state index contributed by atoms with van der Waals surface area (Å²) in [5, 5.41) is 3.09. The van der Waals surface area contributed by atoms with Crippen LogP contribution in [0.15, 0.2) is 29.3 Å². The maximum Gasteiger partial charge on any atom is 0.193 e. The van der Waals surface area contributed by atoms with Gasteiger partial charge in [-0.15, -0.1) is 0 Å². The van der Waals surface area contributed by atoms with E-state index < -0.39 is 0 Å². The van der Waals surface area contributed by atoms with E-state index in [0.29, 0.717) is 11.9 Å². The number of hydrogen-bond acceptors (Lipinski definition) is 1. The zero-order valence-electron chi connectivity index (χ0n) is 9.00. The van der Waals surface area contributed by atoms with Crippen molar-refractivity contribution in [1.29, 1.82) is 0 Å². The van der Waals surface area contributed by atoms with Crippen molar-refractivity contribution >= 4 is 34.2 Å². The fourth-order valence-corrected chi connectivity index (χ4v) is 1.54. The lowest BCUT2D eigenvalue weighted by Gasteiger charge is -2.08. The van der Waals surface area contributed by atoms with Gasteiger partial charge in [0.05, 0.1) is 5.69 Å². The van der Waals surface area contributed by atoms with Crippen LogP contribution in [-0.4, -0.2) is 12.5 Å². The molecule has 15 heavy (non-hydrogen) atoms. The van der Waals surface area contributed by atoms with E-state index in [-0.39, 0.29) is 0 Å². The van der Waals surface area contributed by atoms with Crippen molar-refractivity contribution in [3.05, 3.63) is 27.8 Å². The topological polar surface area (TPSA) is 50.4 Å². The summed E-state index contributed by atoms with van der Waals surface area (Å²) in [5.74, 6) is 1.01. The van der Waals surface area contributed by atoms with E-state index >= 15 is 0 Å². The third-order valence-corrected chi connectivity index (χ3v) is 2.70. The number of nitrogens with zero attached hydrogens (tertiary/aromatic N) is 1. The minimum absolute atomic E-state index is 0.479. The Morgan fingerprint density at radius 1 is 1.47 bits per heavy atom. The Balaban J connectivity index is 2.62. The van der Waals surface area contributed by atoms with Gasteiger partial charge >= 0.3 is 0 Å². The van der Waals surface area contributed by atoms with Crippen LogP contribution in [0.4, 0.5) is 5.69 Å². The molecule has 0 unspecified atom stereocenters. The van der Waals surface area contributed by atoms with Crippen LogP contribution in [0.2, 0.25) is 0 Å². The summed E-state index contributed by atoms with van der Waals surface area (Å²) < 4.78 is 1.14. The molecule has 4 heteroatoms. The van der Waals surface area contributed by atoms with E-state index in [1.54, 1.807) is 0 Å². The molecular weight excluding hydrogens is 301 g/mol. The molecule has 82 valence electrons. The molecule has 0 aromatic heterocycles. The first-order chi connectivity index (χ1) is 7.09. The number of guanidine groups is 1. The summed E-state index contributed by atoms with van der Waals surface area (Å²) in [6.07, 6.45) is 0. The number of para-hydroxylation sites is 1. The van der Waals surface area contributed by atoms with Crippen molar-refractivity contribution < 1.29 is 0 Å². The van der Waals surface area contributed by atoms with Crippen LogP contribution in [0.25, 0.3) is 0 Å². The predicted octanol–water partition coefficient (Wildman–Crippen LogP) is 2.67. The summed E-state index contributed by atoms with van der Waals surface area (Å²) in [5.41, 5.74) is 6.76. The fraction of sp³-hybridized carbons (Fsp3) is 0.364. The molecule has 0 spiro atoms. The highest BCUT2D eigenvalue weighted by Gasteiger charge is 1.99. The molecule has 1 rings (SSSR count). The monoisotopic (exact) mass is 317 g/mol. The lowest BCUT2D eigenvalue weighted by atomic mass is 10.2. The van der Waals surface area contributed by atoms with Gasteiger partial charge in [0.15, 0.2) is 5.96 Å². The van der Waals surface area contributed by atoms with Crippen molar-refractivity contribution in [2.24, 2.45) is 16.6 Å². The average Bonchev–Trinajstić information content (AvgIpc) is 2.18. The number of hydrogen-bond donors (Lipinski definition) is 2. The largest absolute Gasteiger partial charge is 0.370 e. The van der Waals surface area contributed by atoms with Crippen molar-refractivity contribution in [2.45, 2.75) is 13.8 Å². The van der Waals surface area contributed by atoms with E-state index in [1.165, 1.54) is 0 Å². The molecule has 1 aromatic carbocycles. The molecule has 3 nitrogen and oxygen atoms in total. The zero-order chi connectivity index (χ0) is 11.3.